The highest BCUT2D eigenvalue weighted by Crippen LogP contribution is 2.46. The minimum Gasteiger partial charge on any atom is -0.492 e. The number of carbonyl (C=O) groups is 2. The molecule has 0 radical (unpaired) electrons. The van der Waals surface area contributed by atoms with Gasteiger partial charge in [-0.2, -0.15) is 0 Å². The van der Waals surface area contributed by atoms with Gasteiger partial charge in [-0.15, -0.1) is 0 Å². The molecule has 0 bridgehead atoms. The van der Waals surface area contributed by atoms with Crippen molar-refractivity contribution in [1.29, 1.82) is 0 Å². The van der Waals surface area contributed by atoms with Crippen molar-refractivity contribution in [3.63, 3.8) is 0 Å². The predicted molar refractivity (Wildman–Crippen MR) is 133 cm³/mol. The Labute approximate surface area is 211 Å². The third kappa shape index (κ3) is 5.49. The van der Waals surface area contributed by atoms with Crippen LogP contribution in [0.25, 0.3) is 0 Å². The number of fused-ring (bicyclic) bond motifs is 1. The highest BCUT2D eigenvalue weighted by molar-refractivity contribution is 6.33. The minimum atomic E-state index is -0.786. The molecule has 4 rings (SSSR count). The molecule has 0 saturated carbocycles. The first-order valence-electron chi connectivity index (χ1n) is 12.3. The largest absolute Gasteiger partial charge is 0.492 e. The molecular formula is C28H33ClO6. The molecule has 0 aliphatic carbocycles. The van der Waals surface area contributed by atoms with E-state index in [-0.39, 0.29) is 12.0 Å². The summed E-state index contributed by atoms with van der Waals surface area (Å²) < 4.78 is 24.2. The fourth-order valence-electron chi connectivity index (χ4n) is 5.25. The van der Waals surface area contributed by atoms with Crippen molar-refractivity contribution in [3.05, 3.63) is 63.7 Å². The predicted octanol–water partition coefficient (Wildman–Crippen LogP) is 5.61. The summed E-state index contributed by atoms with van der Waals surface area (Å²) in [5, 5.41) is 0.601. The molecule has 1 fully saturated rings. The van der Waals surface area contributed by atoms with Crippen LogP contribution in [0.4, 0.5) is 0 Å². The number of halogens is 1. The van der Waals surface area contributed by atoms with Gasteiger partial charge in [0, 0.05) is 25.3 Å². The Kier molecular flexibility index (Phi) is 8.02. The molecule has 0 N–H and O–H groups in total. The standard InChI is InChI=1S/C28H33ClO6/c1-5-23-16(2)25(33-17(3)30)28(34-18(4)31)27(35-23)22-15-20(14-19-10-7-6-8-11-19)24(29)26-21(22)12-9-13-32-26/h6-8,10-11,15-16,23,25,27-28H,5,9,12-14H2,1-4H3/t16-,23-,25+,27+,28-/m1/s1. The molecule has 2 heterocycles. The van der Waals surface area contributed by atoms with Gasteiger partial charge in [-0.05, 0) is 42.4 Å². The first kappa shape index (κ1) is 25.5. The number of benzene rings is 2. The summed E-state index contributed by atoms with van der Waals surface area (Å²) >= 11 is 6.86. The molecule has 0 unspecified atom stereocenters. The quantitative estimate of drug-likeness (QED) is 0.480. The third-order valence-corrected chi connectivity index (χ3v) is 7.26. The molecular weight excluding hydrogens is 468 g/mol. The Hall–Kier alpha value is -2.57. The van der Waals surface area contributed by atoms with Gasteiger partial charge in [-0.3, -0.25) is 9.59 Å². The van der Waals surface area contributed by atoms with Gasteiger partial charge in [0.05, 0.1) is 17.7 Å². The molecule has 2 aliphatic rings. The Morgan fingerprint density at radius 2 is 1.77 bits per heavy atom. The lowest BCUT2D eigenvalue weighted by Gasteiger charge is -2.45. The van der Waals surface area contributed by atoms with Gasteiger partial charge in [-0.25, -0.2) is 0 Å². The molecule has 0 aromatic heterocycles. The smallest absolute Gasteiger partial charge is 0.303 e. The Morgan fingerprint density at radius 1 is 1.09 bits per heavy atom. The second-order valence-corrected chi connectivity index (χ2v) is 9.75. The van der Waals surface area contributed by atoms with Gasteiger partial charge in [0.1, 0.15) is 18.0 Å². The average molecular weight is 501 g/mol. The van der Waals surface area contributed by atoms with Crippen molar-refractivity contribution >= 4 is 23.5 Å². The van der Waals surface area contributed by atoms with Gasteiger partial charge in [-0.1, -0.05) is 61.8 Å². The summed E-state index contributed by atoms with van der Waals surface area (Å²) in [6, 6.07) is 12.1. The molecule has 2 aromatic rings. The molecule has 5 atom stereocenters. The van der Waals surface area contributed by atoms with Crippen molar-refractivity contribution in [2.75, 3.05) is 6.61 Å². The molecule has 6 nitrogen and oxygen atoms in total. The summed E-state index contributed by atoms with van der Waals surface area (Å²) in [5.41, 5.74) is 3.87. The Balaban J connectivity index is 1.84. The first-order chi connectivity index (χ1) is 16.8. The molecule has 35 heavy (non-hydrogen) atoms. The van der Waals surface area contributed by atoms with Crippen LogP contribution < -0.4 is 4.74 Å². The van der Waals surface area contributed by atoms with E-state index in [1.807, 2.05) is 32.0 Å². The lowest BCUT2D eigenvalue weighted by Crippen LogP contribution is -2.53. The van der Waals surface area contributed by atoms with Crippen molar-refractivity contribution in [3.8, 4) is 5.75 Å². The molecule has 7 heteroatoms. The molecule has 2 aliphatic heterocycles. The van der Waals surface area contributed by atoms with Crippen LogP contribution in [0.2, 0.25) is 5.02 Å². The summed E-state index contributed by atoms with van der Waals surface area (Å²) in [4.78, 5) is 24.2. The van der Waals surface area contributed by atoms with Crippen LogP contribution in [0.5, 0.6) is 5.75 Å². The van der Waals surface area contributed by atoms with Gasteiger partial charge in [0.2, 0.25) is 0 Å². The lowest BCUT2D eigenvalue weighted by atomic mass is 9.81. The maximum atomic E-state index is 12.2. The number of hydrogen-bond acceptors (Lipinski definition) is 6. The molecule has 188 valence electrons. The van der Waals surface area contributed by atoms with E-state index in [2.05, 4.69) is 18.2 Å². The zero-order valence-electron chi connectivity index (χ0n) is 20.7. The van der Waals surface area contributed by atoms with Crippen LogP contribution in [0.3, 0.4) is 0 Å². The highest BCUT2D eigenvalue weighted by Gasteiger charge is 2.48. The average Bonchev–Trinajstić information content (AvgIpc) is 2.84. The van der Waals surface area contributed by atoms with Gasteiger partial charge >= 0.3 is 11.9 Å². The minimum absolute atomic E-state index is 0.146. The van der Waals surface area contributed by atoms with Crippen molar-refractivity contribution in [1.82, 2.24) is 0 Å². The zero-order valence-corrected chi connectivity index (χ0v) is 21.5. The maximum absolute atomic E-state index is 12.2. The molecule has 0 amide bonds. The lowest BCUT2D eigenvalue weighted by molar-refractivity contribution is -0.225. The van der Waals surface area contributed by atoms with Crippen molar-refractivity contribution in [2.45, 2.75) is 77.8 Å². The summed E-state index contributed by atoms with van der Waals surface area (Å²) in [6.45, 7) is 7.33. The van der Waals surface area contributed by atoms with Gasteiger partial charge in [0.25, 0.3) is 0 Å². The maximum Gasteiger partial charge on any atom is 0.303 e. The number of esters is 2. The number of ether oxygens (including phenoxy) is 4. The molecule has 2 aromatic carbocycles. The monoisotopic (exact) mass is 500 g/mol. The van der Waals surface area contributed by atoms with E-state index in [0.717, 1.165) is 41.5 Å². The van der Waals surface area contributed by atoms with E-state index in [4.69, 9.17) is 30.5 Å². The summed E-state index contributed by atoms with van der Waals surface area (Å²) in [5.74, 6) is -0.345. The second-order valence-electron chi connectivity index (χ2n) is 9.37. The van der Waals surface area contributed by atoms with Crippen LogP contribution in [0.1, 0.15) is 68.9 Å². The second kappa shape index (κ2) is 11.0. The molecule has 0 spiro atoms. The van der Waals surface area contributed by atoms with Crippen LogP contribution in [0.15, 0.2) is 36.4 Å². The number of hydrogen-bond donors (Lipinski definition) is 0. The van der Waals surface area contributed by atoms with E-state index in [9.17, 15) is 9.59 Å². The van der Waals surface area contributed by atoms with E-state index < -0.39 is 30.3 Å². The van der Waals surface area contributed by atoms with E-state index in [1.54, 1.807) is 0 Å². The van der Waals surface area contributed by atoms with Crippen molar-refractivity contribution < 1.29 is 28.5 Å². The fraction of sp³-hybridized carbons (Fsp3) is 0.500. The van der Waals surface area contributed by atoms with Gasteiger partial charge < -0.3 is 18.9 Å². The van der Waals surface area contributed by atoms with Crippen molar-refractivity contribution in [2.24, 2.45) is 5.92 Å². The topological polar surface area (TPSA) is 71.1 Å². The van der Waals surface area contributed by atoms with Crippen LogP contribution >= 0.6 is 11.6 Å². The number of carbonyl (C=O) groups excluding carboxylic acids is 2. The SMILES string of the molecule is CC[C@H]1O[C@@H](c2cc(Cc3ccccc3)c(Cl)c3c2CCCO3)[C@H](OC(C)=O)[C@@H](OC(C)=O)[C@@H]1C. The van der Waals surface area contributed by atoms with Gasteiger partial charge in [0.15, 0.2) is 6.10 Å². The number of rotatable bonds is 6. The summed E-state index contributed by atoms with van der Waals surface area (Å²) in [7, 11) is 0. The van der Waals surface area contributed by atoms with E-state index >= 15 is 0 Å². The first-order valence-corrected chi connectivity index (χ1v) is 12.7. The fourth-order valence-corrected chi connectivity index (χ4v) is 5.54. The Morgan fingerprint density at radius 3 is 2.43 bits per heavy atom. The third-order valence-electron chi connectivity index (χ3n) is 6.85. The Bertz CT molecular complexity index is 1070. The zero-order chi connectivity index (χ0) is 25.1. The van der Waals surface area contributed by atoms with E-state index in [1.165, 1.54) is 13.8 Å². The highest BCUT2D eigenvalue weighted by atomic mass is 35.5. The van der Waals surface area contributed by atoms with E-state index in [0.29, 0.717) is 23.8 Å². The molecule has 1 saturated heterocycles. The van der Waals surface area contributed by atoms with Crippen LogP contribution in [-0.4, -0.2) is 36.9 Å². The summed E-state index contributed by atoms with van der Waals surface area (Å²) in [6.07, 6.45) is 0.754. The normalized spacial score (nSPS) is 25.8. The van der Waals surface area contributed by atoms with Crippen LogP contribution in [0, 0.1) is 5.92 Å². The van der Waals surface area contributed by atoms with Crippen LogP contribution in [-0.2, 0) is 36.6 Å².